The first-order valence-corrected chi connectivity index (χ1v) is 6.32. The van der Waals surface area contributed by atoms with Crippen LogP contribution in [0.4, 0.5) is 5.95 Å². The van der Waals surface area contributed by atoms with Gasteiger partial charge < -0.3 is 25.8 Å². The Bertz CT molecular complexity index is 725. The second-order valence-corrected chi connectivity index (χ2v) is 4.99. The molecule has 10 nitrogen and oxygen atoms in total. The van der Waals surface area contributed by atoms with Crippen molar-refractivity contribution in [3.8, 4) is 0 Å². The van der Waals surface area contributed by atoms with Gasteiger partial charge in [-0.2, -0.15) is 4.98 Å². The maximum Gasteiger partial charge on any atom is 0.280 e. The van der Waals surface area contributed by atoms with Gasteiger partial charge in [-0.25, -0.2) is 4.98 Å². The van der Waals surface area contributed by atoms with Crippen LogP contribution in [-0.2, 0) is 4.74 Å². The highest BCUT2D eigenvalue weighted by molar-refractivity contribution is 5.70. The SMILES string of the molecule is CC(O)[C@H]1O[C@@H](n2cnc3c(=O)[nH]c(N)nc32)C(O)C1O. The van der Waals surface area contributed by atoms with Crippen molar-refractivity contribution in [2.75, 3.05) is 5.73 Å². The summed E-state index contributed by atoms with van der Waals surface area (Å²) in [5.41, 5.74) is 5.13. The van der Waals surface area contributed by atoms with Crippen molar-refractivity contribution in [2.45, 2.75) is 37.6 Å². The van der Waals surface area contributed by atoms with Crippen LogP contribution in [0.2, 0.25) is 0 Å². The summed E-state index contributed by atoms with van der Waals surface area (Å²) in [5.74, 6) is -0.102. The third-order valence-corrected chi connectivity index (χ3v) is 3.48. The van der Waals surface area contributed by atoms with Crippen molar-refractivity contribution < 1.29 is 20.1 Å². The molecule has 3 unspecified atom stereocenters. The van der Waals surface area contributed by atoms with Crippen molar-refractivity contribution >= 4 is 17.1 Å². The van der Waals surface area contributed by atoms with Crippen molar-refractivity contribution in [2.24, 2.45) is 0 Å². The number of nitrogens with zero attached hydrogens (tertiary/aromatic N) is 3. The molecule has 1 aliphatic rings. The van der Waals surface area contributed by atoms with Crippen molar-refractivity contribution in [1.82, 2.24) is 19.5 Å². The van der Waals surface area contributed by atoms with Crippen LogP contribution >= 0.6 is 0 Å². The summed E-state index contributed by atoms with van der Waals surface area (Å²) in [7, 11) is 0. The molecule has 1 saturated heterocycles. The number of fused-ring (bicyclic) bond motifs is 1. The molecule has 0 aliphatic carbocycles. The van der Waals surface area contributed by atoms with Gasteiger partial charge in [0.2, 0.25) is 5.95 Å². The number of imidazole rings is 1. The Morgan fingerprint density at radius 1 is 1.48 bits per heavy atom. The highest BCUT2D eigenvalue weighted by Crippen LogP contribution is 2.32. The minimum absolute atomic E-state index is 0.0370. The van der Waals surface area contributed by atoms with Crippen LogP contribution < -0.4 is 11.3 Å². The van der Waals surface area contributed by atoms with Crippen molar-refractivity contribution in [3.05, 3.63) is 16.7 Å². The summed E-state index contributed by atoms with van der Waals surface area (Å²) in [4.78, 5) is 21.9. The number of rotatable bonds is 2. The van der Waals surface area contributed by atoms with Gasteiger partial charge >= 0.3 is 0 Å². The molecule has 6 N–H and O–H groups in total. The maximum atomic E-state index is 11.7. The third-order valence-electron chi connectivity index (χ3n) is 3.48. The summed E-state index contributed by atoms with van der Waals surface area (Å²) < 4.78 is 6.76. The lowest BCUT2D eigenvalue weighted by Gasteiger charge is -2.17. The molecule has 0 aromatic carbocycles. The van der Waals surface area contributed by atoms with E-state index in [9.17, 15) is 20.1 Å². The van der Waals surface area contributed by atoms with Gasteiger partial charge in [-0.15, -0.1) is 0 Å². The number of aliphatic hydroxyl groups is 3. The number of aromatic amines is 1. The molecule has 10 heteroatoms. The molecule has 114 valence electrons. The van der Waals surface area contributed by atoms with Crippen LogP contribution in [-0.4, -0.2) is 59.3 Å². The Morgan fingerprint density at radius 2 is 2.19 bits per heavy atom. The Balaban J connectivity index is 2.07. The summed E-state index contributed by atoms with van der Waals surface area (Å²) in [6.07, 6.45) is -4.27. The molecule has 0 spiro atoms. The maximum absolute atomic E-state index is 11.7. The number of aromatic nitrogens is 4. The number of aliphatic hydroxyl groups excluding tert-OH is 3. The van der Waals surface area contributed by atoms with Crippen molar-refractivity contribution in [1.29, 1.82) is 0 Å². The van der Waals surface area contributed by atoms with E-state index in [-0.39, 0.29) is 17.1 Å². The zero-order chi connectivity index (χ0) is 15.3. The van der Waals surface area contributed by atoms with Crippen LogP contribution in [0.1, 0.15) is 13.2 Å². The summed E-state index contributed by atoms with van der Waals surface area (Å²) in [5, 5.41) is 29.5. The molecule has 2 aromatic rings. The van der Waals surface area contributed by atoms with E-state index in [2.05, 4.69) is 15.0 Å². The van der Waals surface area contributed by atoms with Gasteiger partial charge in [0.05, 0.1) is 12.4 Å². The van der Waals surface area contributed by atoms with Gasteiger partial charge in [0.25, 0.3) is 5.56 Å². The van der Waals surface area contributed by atoms with Crippen LogP contribution in [0.15, 0.2) is 11.1 Å². The molecule has 5 atom stereocenters. The van der Waals surface area contributed by atoms with Gasteiger partial charge in [0.15, 0.2) is 17.4 Å². The first-order valence-electron chi connectivity index (χ1n) is 6.32. The zero-order valence-electron chi connectivity index (χ0n) is 11.0. The zero-order valence-corrected chi connectivity index (χ0v) is 11.0. The first kappa shape index (κ1) is 13.9. The fraction of sp³-hybridized carbons (Fsp3) is 0.545. The quantitative estimate of drug-likeness (QED) is 0.414. The molecule has 3 rings (SSSR count). The minimum atomic E-state index is -1.30. The largest absolute Gasteiger partial charge is 0.391 e. The van der Waals surface area contributed by atoms with Gasteiger partial charge in [-0.05, 0) is 6.92 Å². The average molecular weight is 297 g/mol. The normalized spacial score (nSPS) is 30.9. The molecule has 3 heterocycles. The monoisotopic (exact) mass is 297 g/mol. The molecule has 2 aromatic heterocycles. The Kier molecular flexibility index (Phi) is 3.17. The van der Waals surface area contributed by atoms with E-state index in [1.54, 1.807) is 0 Å². The van der Waals surface area contributed by atoms with Crippen LogP contribution in [0, 0.1) is 0 Å². The molecule has 1 fully saturated rings. The van der Waals surface area contributed by atoms with Gasteiger partial charge in [0, 0.05) is 0 Å². The van der Waals surface area contributed by atoms with Gasteiger partial charge in [-0.1, -0.05) is 0 Å². The number of nitrogens with one attached hydrogen (secondary N) is 1. The Labute approximate surface area is 117 Å². The average Bonchev–Trinajstić information content (AvgIpc) is 2.93. The van der Waals surface area contributed by atoms with E-state index in [1.165, 1.54) is 17.8 Å². The molecule has 0 bridgehead atoms. The number of anilines is 1. The summed E-state index contributed by atoms with van der Waals surface area (Å²) in [6, 6.07) is 0. The number of nitrogens with two attached hydrogens (primary N) is 1. The lowest BCUT2D eigenvalue weighted by atomic mass is 10.1. The predicted octanol–water partition coefficient (Wildman–Crippen LogP) is -2.30. The molecule has 1 aliphatic heterocycles. The second kappa shape index (κ2) is 4.77. The topological polar surface area (TPSA) is 160 Å². The number of H-pyrrole nitrogens is 1. The number of nitrogen functional groups attached to an aromatic ring is 1. The molecule has 21 heavy (non-hydrogen) atoms. The fourth-order valence-corrected chi connectivity index (χ4v) is 2.44. The van der Waals surface area contributed by atoms with E-state index in [0.717, 1.165) is 0 Å². The van der Waals surface area contributed by atoms with E-state index >= 15 is 0 Å². The molecular formula is C11H15N5O5. The minimum Gasteiger partial charge on any atom is -0.391 e. The lowest BCUT2D eigenvalue weighted by molar-refractivity contribution is -0.0777. The van der Waals surface area contributed by atoms with Crippen LogP contribution in [0.5, 0.6) is 0 Å². The smallest absolute Gasteiger partial charge is 0.280 e. The molecule has 0 saturated carbocycles. The predicted molar refractivity (Wildman–Crippen MR) is 70.2 cm³/mol. The van der Waals surface area contributed by atoms with E-state index < -0.39 is 36.2 Å². The first-order chi connectivity index (χ1) is 9.90. The third kappa shape index (κ3) is 2.08. The summed E-state index contributed by atoms with van der Waals surface area (Å²) >= 11 is 0. The van der Waals surface area contributed by atoms with E-state index in [4.69, 9.17) is 10.5 Å². The number of ether oxygens (including phenoxy) is 1. The second-order valence-electron chi connectivity index (χ2n) is 4.99. The lowest BCUT2D eigenvalue weighted by Crippen LogP contribution is -2.37. The molecular weight excluding hydrogens is 282 g/mol. The van der Waals surface area contributed by atoms with Gasteiger partial charge in [0.1, 0.15) is 18.3 Å². The molecule has 0 radical (unpaired) electrons. The highest BCUT2D eigenvalue weighted by atomic mass is 16.6. The Hall–Kier alpha value is -2.01. The fourth-order valence-electron chi connectivity index (χ4n) is 2.44. The molecule has 0 amide bonds. The Morgan fingerprint density at radius 3 is 2.81 bits per heavy atom. The van der Waals surface area contributed by atoms with Crippen LogP contribution in [0.3, 0.4) is 0 Å². The van der Waals surface area contributed by atoms with E-state index in [0.29, 0.717) is 0 Å². The summed E-state index contributed by atoms with van der Waals surface area (Å²) in [6.45, 7) is 1.44. The standard InChI is InChI=1S/C11H15N5O5/c1-3(17)7-5(18)6(19)10(21-7)16-2-13-4-8(16)14-11(12)15-9(4)20/h2-3,5-7,10,17-19H,1H3,(H3,12,14,15,20)/t3?,5?,6?,7-,10-/m1/s1. The van der Waals surface area contributed by atoms with E-state index in [1.807, 2.05) is 0 Å². The highest BCUT2D eigenvalue weighted by Gasteiger charge is 2.46. The number of hydrogen-bond acceptors (Lipinski definition) is 8. The van der Waals surface area contributed by atoms with Crippen molar-refractivity contribution in [3.63, 3.8) is 0 Å². The van der Waals surface area contributed by atoms with Gasteiger partial charge in [-0.3, -0.25) is 14.3 Å². The number of hydrogen-bond donors (Lipinski definition) is 5. The van der Waals surface area contributed by atoms with Crippen LogP contribution in [0.25, 0.3) is 11.2 Å².